The first-order valence-electron chi connectivity index (χ1n) is 3.84. The van der Waals surface area contributed by atoms with Gasteiger partial charge in [-0.05, 0) is 18.6 Å². The maximum Gasteiger partial charge on any atom is 0.250 e. The van der Waals surface area contributed by atoms with Gasteiger partial charge < -0.3 is 5.11 Å². The first kappa shape index (κ1) is 11.9. The van der Waals surface area contributed by atoms with Gasteiger partial charge in [-0.3, -0.25) is 0 Å². The van der Waals surface area contributed by atoms with Crippen molar-refractivity contribution >= 4 is 33.0 Å². The van der Waals surface area contributed by atoms with Gasteiger partial charge in [-0.1, -0.05) is 11.6 Å². The van der Waals surface area contributed by atoms with Crippen molar-refractivity contribution in [3.63, 3.8) is 0 Å². The van der Waals surface area contributed by atoms with E-state index in [9.17, 15) is 8.42 Å². The van der Waals surface area contributed by atoms with Crippen LogP contribution in [-0.4, -0.2) is 26.7 Å². The lowest BCUT2D eigenvalue weighted by Gasteiger charge is -2.00. The number of sulfonamides is 1. The molecule has 0 aromatic carbocycles. The largest absolute Gasteiger partial charge is 0.395 e. The molecular formula is C7H10ClNO3S2. The van der Waals surface area contributed by atoms with Gasteiger partial charge in [0.15, 0.2) is 0 Å². The first-order valence-corrected chi connectivity index (χ1v) is 6.51. The first-order chi connectivity index (χ1) is 6.47. The third-order valence-electron chi connectivity index (χ3n) is 1.50. The van der Waals surface area contributed by atoms with Gasteiger partial charge >= 0.3 is 0 Å². The highest BCUT2D eigenvalue weighted by Gasteiger charge is 2.17. The smallest absolute Gasteiger partial charge is 0.250 e. The van der Waals surface area contributed by atoms with Crippen LogP contribution >= 0.6 is 22.9 Å². The van der Waals surface area contributed by atoms with E-state index in [0.717, 1.165) is 16.9 Å². The van der Waals surface area contributed by atoms with E-state index < -0.39 is 10.0 Å². The van der Waals surface area contributed by atoms with Crippen LogP contribution < -0.4 is 4.72 Å². The highest BCUT2D eigenvalue weighted by molar-refractivity contribution is 7.91. The van der Waals surface area contributed by atoms with Crippen LogP contribution in [-0.2, 0) is 10.0 Å². The molecule has 1 rings (SSSR count). The molecule has 0 fully saturated rings. The summed E-state index contributed by atoms with van der Waals surface area (Å²) < 4.78 is 25.9. The van der Waals surface area contributed by atoms with Crippen LogP contribution in [0, 0.1) is 6.92 Å². The Morgan fingerprint density at radius 1 is 1.64 bits per heavy atom. The van der Waals surface area contributed by atoms with Crippen LogP contribution in [0.25, 0.3) is 0 Å². The third kappa shape index (κ3) is 2.68. The molecule has 0 amide bonds. The van der Waals surface area contributed by atoms with Crippen LogP contribution in [0.5, 0.6) is 0 Å². The summed E-state index contributed by atoms with van der Waals surface area (Å²) in [5.74, 6) is 0. The molecule has 4 nitrogen and oxygen atoms in total. The van der Waals surface area contributed by atoms with Crippen molar-refractivity contribution in [1.82, 2.24) is 4.72 Å². The van der Waals surface area contributed by atoms with Crippen molar-refractivity contribution in [2.24, 2.45) is 0 Å². The number of halogens is 1. The lowest BCUT2D eigenvalue weighted by atomic mass is 10.4. The monoisotopic (exact) mass is 255 g/mol. The van der Waals surface area contributed by atoms with Crippen molar-refractivity contribution in [2.45, 2.75) is 11.1 Å². The molecule has 0 aliphatic carbocycles. The third-order valence-corrected chi connectivity index (χ3v) is 4.99. The van der Waals surface area contributed by atoms with Crippen molar-refractivity contribution in [2.75, 3.05) is 13.2 Å². The quantitative estimate of drug-likeness (QED) is 0.843. The molecule has 0 saturated heterocycles. The zero-order valence-electron chi connectivity index (χ0n) is 7.45. The Balaban J connectivity index is 2.93. The van der Waals surface area contributed by atoms with Crippen molar-refractivity contribution in [1.29, 1.82) is 0 Å². The number of hydrogen-bond donors (Lipinski definition) is 2. The molecule has 1 heterocycles. The molecule has 1 aromatic heterocycles. The van der Waals surface area contributed by atoms with Crippen molar-refractivity contribution in [3.05, 3.63) is 16.0 Å². The molecule has 0 aliphatic rings. The number of aryl methyl sites for hydroxylation is 1. The molecule has 0 saturated carbocycles. The van der Waals surface area contributed by atoms with Crippen LogP contribution in [0.15, 0.2) is 10.3 Å². The minimum absolute atomic E-state index is 0.0108. The Bertz CT molecular complexity index is 393. The van der Waals surface area contributed by atoms with E-state index in [4.69, 9.17) is 16.7 Å². The second-order valence-electron chi connectivity index (χ2n) is 2.64. The van der Waals surface area contributed by atoms with Gasteiger partial charge in [0.25, 0.3) is 0 Å². The van der Waals surface area contributed by atoms with E-state index in [1.54, 1.807) is 6.92 Å². The number of aliphatic hydroxyl groups is 1. The minimum atomic E-state index is -3.50. The summed E-state index contributed by atoms with van der Waals surface area (Å²) in [7, 11) is -3.50. The Hall–Kier alpha value is -0.140. The average molecular weight is 256 g/mol. The summed E-state index contributed by atoms with van der Waals surface area (Å²) in [6.07, 6.45) is 0. The predicted octanol–water partition coefficient (Wildman–Crippen LogP) is 0.981. The predicted molar refractivity (Wildman–Crippen MR) is 56.3 cm³/mol. The molecule has 0 atom stereocenters. The molecule has 1 aromatic rings. The minimum Gasteiger partial charge on any atom is -0.395 e. The highest BCUT2D eigenvalue weighted by atomic mass is 35.5. The van der Waals surface area contributed by atoms with Gasteiger partial charge in [-0.25, -0.2) is 13.1 Å². The van der Waals surface area contributed by atoms with Gasteiger partial charge in [0, 0.05) is 6.54 Å². The van der Waals surface area contributed by atoms with Crippen molar-refractivity contribution < 1.29 is 13.5 Å². The number of rotatable bonds is 4. The summed E-state index contributed by atoms with van der Waals surface area (Å²) in [4.78, 5) is 0. The molecule has 0 radical (unpaired) electrons. The lowest BCUT2D eigenvalue weighted by molar-refractivity contribution is 0.301. The molecule has 0 aliphatic heterocycles. The summed E-state index contributed by atoms with van der Waals surface area (Å²) in [6.45, 7) is 1.53. The molecule has 0 bridgehead atoms. The summed E-state index contributed by atoms with van der Waals surface area (Å²) in [5, 5.41) is 8.49. The van der Waals surface area contributed by atoms with Crippen LogP contribution in [0.2, 0.25) is 4.34 Å². The van der Waals surface area contributed by atoms with Crippen LogP contribution in [0.1, 0.15) is 5.56 Å². The molecule has 2 N–H and O–H groups in total. The molecule has 80 valence electrons. The topological polar surface area (TPSA) is 66.4 Å². The van der Waals surface area contributed by atoms with E-state index in [1.807, 2.05) is 0 Å². The molecule has 14 heavy (non-hydrogen) atoms. The van der Waals surface area contributed by atoms with Gasteiger partial charge in [-0.2, -0.15) is 0 Å². The standard InChI is InChI=1S/C7H10ClNO3S2/c1-5-4-6(13-7(5)8)14(11,12)9-2-3-10/h4,9-10H,2-3H2,1H3. The Morgan fingerprint density at radius 3 is 2.71 bits per heavy atom. The fraction of sp³-hybridized carbons (Fsp3) is 0.429. The van der Waals surface area contributed by atoms with Gasteiger partial charge in [0.1, 0.15) is 4.21 Å². The molecular weight excluding hydrogens is 246 g/mol. The fourth-order valence-corrected chi connectivity index (χ4v) is 3.59. The lowest BCUT2D eigenvalue weighted by Crippen LogP contribution is -2.25. The highest BCUT2D eigenvalue weighted by Crippen LogP contribution is 2.29. The van der Waals surface area contributed by atoms with E-state index in [2.05, 4.69) is 4.72 Å². The fourth-order valence-electron chi connectivity index (χ4n) is 0.815. The van der Waals surface area contributed by atoms with Crippen LogP contribution in [0.3, 0.4) is 0 Å². The summed E-state index contributed by atoms with van der Waals surface area (Å²) in [6, 6.07) is 1.51. The zero-order chi connectivity index (χ0) is 10.8. The van der Waals surface area contributed by atoms with Gasteiger partial charge in [0.2, 0.25) is 10.0 Å². The van der Waals surface area contributed by atoms with Gasteiger partial charge in [-0.15, -0.1) is 11.3 Å². The summed E-state index contributed by atoms with van der Waals surface area (Å²) in [5.41, 5.74) is 0.737. The number of nitrogens with one attached hydrogen (secondary N) is 1. The number of aliphatic hydroxyl groups excluding tert-OH is 1. The zero-order valence-corrected chi connectivity index (χ0v) is 9.84. The second-order valence-corrected chi connectivity index (χ2v) is 6.29. The van der Waals surface area contributed by atoms with E-state index in [1.165, 1.54) is 6.07 Å². The van der Waals surface area contributed by atoms with E-state index in [0.29, 0.717) is 4.34 Å². The van der Waals surface area contributed by atoms with Crippen molar-refractivity contribution in [3.8, 4) is 0 Å². The SMILES string of the molecule is Cc1cc(S(=O)(=O)NCCO)sc1Cl. The molecule has 0 unspecified atom stereocenters. The molecule has 7 heteroatoms. The normalized spacial score (nSPS) is 11.9. The second kappa shape index (κ2) is 4.59. The summed E-state index contributed by atoms with van der Waals surface area (Å²) >= 11 is 6.75. The average Bonchev–Trinajstić information content (AvgIpc) is 2.45. The van der Waals surface area contributed by atoms with Crippen LogP contribution in [0.4, 0.5) is 0 Å². The maximum atomic E-state index is 11.5. The Kier molecular flexibility index (Phi) is 3.91. The van der Waals surface area contributed by atoms with E-state index >= 15 is 0 Å². The van der Waals surface area contributed by atoms with E-state index in [-0.39, 0.29) is 17.4 Å². The Morgan fingerprint density at radius 2 is 2.29 bits per heavy atom. The maximum absolute atomic E-state index is 11.5. The molecule has 0 spiro atoms. The Labute approximate surface area is 91.6 Å². The number of hydrogen-bond acceptors (Lipinski definition) is 4. The number of thiophene rings is 1. The van der Waals surface area contributed by atoms with Gasteiger partial charge in [0.05, 0.1) is 10.9 Å².